The number of hydrogen-bond donors (Lipinski definition) is 0. The van der Waals surface area contributed by atoms with Crippen molar-refractivity contribution in [2.75, 3.05) is 0 Å². The van der Waals surface area contributed by atoms with Crippen LogP contribution in [0, 0.1) is 0 Å². The molecule has 0 unspecified atom stereocenters. The van der Waals surface area contributed by atoms with Gasteiger partial charge < -0.3 is 4.42 Å². The molecule has 1 aliphatic rings. The molecule has 0 bridgehead atoms. The summed E-state index contributed by atoms with van der Waals surface area (Å²) in [5.41, 5.74) is 11.8. The molecular formula is C50H33N3O. The van der Waals surface area contributed by atoms with Crippen LogP contribution in [0.2, 0.25) is 0 Å². The fourth-order valence-electron chi connectivity index (χ4n) is 8.57. The SMILES string of the molecule is CC1(C)c2ccccc2-c2c(-c3nc(-c4ccc(-c5cccc6oc7cc8ccccc8cc7c56)cc4)nc(-c4ccc5ccccc5c4)n3)cccc21. The molecule has 0 fully saturated rings. The molecule has 0 amide bonds. The number of benzene rings is 8. The molecule has 0 aliphatic heterocycles. The van der Waals surface area contributed by atoms with Gasteiger partial charge in [-0.3, -0.25) is 0 Å². The molecule has 8 aromatic carbocycles. The molecule has 254 valence electrons. The highest BCUT2D eigenvalue weighted by Crippen LogP contribution is 2.51. The monoisotopic (exact) mass is 691 g/mol. The third-order valence-electron chi connectivity index (χ3n) is 11.3. The number of nitrogens with zero attached hydrogens (tertiary/aromatic N) is 3. The normalized spacial score (nSPS) is 13.1. The van der Waals surface area contributed by atoms with E-state index in [4.69, 9.17) is 19.4 Å². The third kappa shape index (κ3) is 4.66. The molecule has 0 radical (unpaired) electrons. The second-order valence-electron chi connectivity index (χ2n) is 14.8. The van der Waals surface area contributed by atoms with Crippen LogP contribution in [0.25, 0.3) is 99.9 Å². The first-order valence-electron chi connectivity index (χ1n) is 18.4. The third-order valence-corrected chi connectivity index (χ3v) is 11.3. The molecule has 2 heterocycles. The predicted molar refractivity (Wildman–Crippen MR) is 221 cm³/mol. The second-order valence-corrected chi connectivity index (χ2v) is 14.8. The van der Waals surface area contributed by atoms with Gasteiger partial charge in [0, 0.05) is 32.9 Å². The predicted octanol–water partition coefficient (Wildman–Crippen LogP) is 13.1. The molecule has 0 atom stereocenters. The van der Waals surface area contributed by atoms with E-state index >= 15 is 0 Å². The summed E-state index contributed by atoms with van der Waals surface area (Å²) in [6, 6.07) is 57.8. The number of hydrogen-bond acceptors (Lipinski definition) is 4. The molecule has 11 rings (SSSR count). The van der Waals surface area contributed by atoms with Crippen molar-refractivity contribution in [1.82, 2.24) is 15.0 Å². The van der Waals surface area contributed by atoms with E-state index in [0.717, 1.165) is 55.1 Å². The molecule has 4 nitrogen and oxygen atoms in total. The topological polar surface area (TPSA) is 51.8 Å². The van der Waals surface area contributed by atoms with Crippen LogP contribution in [0.15, 0.2) is 168 Å². The molecule has 54 heavy (non-hydrogen) atoms. The van der Waals surface area contributed by atoms with Gasteiger partial charge in [-0.05, 0) is 79.2 Å². The Balaban J connectivity index is 1.08. The molecule has 0 saturated heterocycles. The number of fused-ring (bicyclic) bond motifs is 8. The van der Waals surface area contributed by atoms with Crippen molar-refractivity contribution in [3.63, 3.8) is 0 Å². The van der Waals surface area contributed by atoms with Crippen molar-refractivity contribution >= 4 is 43.5 Å². The van der Waals surface area contributed by atoms with Crippen molar-refractivity contribution in [2.45, 2.75) is 19.3 Å². The average Bonchev–Trinajstić information content (AvgIpc) is 3.70. The fraction of sp³-hybridized carbons (Fsp3) is 0.0600. The van der Waals surface area contributed by atoms with Crippen LogP contribution >= 0.6 is 0 Å². The lowest BCUT2D eigenvalue weighted by Crippen LogP contribution is -2.14. The zero-order valence-electron chi connectivity index (χ0n) is 29.8. The van der Waals surface area contributed by atoms with Crippen molar-refractivity contribution in [3.8, 4) is 56.4 Å². The number of aromatic nitrogens is 3. The molecular weight excluding hydrogens is 659 g/mol. The van der Waals surface area contributed by atoms with Gasteiger partial charge in [0.25, 0.3) is 0 Å². The zero-order chi connectivity index (χ0) is 36.0. The van der Waals surface area contributed by atoms with Crippen molar-refractivity contribution in [2.24, 2.45) is 0 Å². The van der Waals surface area contributed by atoms with E-state index < -0.39 is 0 Å². The summed E-state index contributed by atoms with van der Waals surface area (Å²) in [5, 5.41) is 6.93. The maximum absolute atomic E-state index is 6.39. The van der Waals surface area contributed by atoms with E-state index in [1.807, 2.05) is 0 Å². The van der Waals surface area contributed by atoms with Gasteiger partial charge in [0.2, 0.25) is 0 Å². The summed E-state index contributed by atoms with van der Waals surface area (Å²) in [4.78, 5) is 15.6. The summed E-state index contributed by atoms with van der Waals surface area (Å²) in [6.07, 6.45) is 0. The van der Waals surface area contributed by atoms with Crippen molar-refractivity contribution < 1.29 is 4.42 Å². The first-order chi connectivity index (χ1) is 26.5. The average molecular weight is 692 g/mol. The lowest BCUT2D eigenvalue weighted by atomic mass is 9.82. The maximum Gasteiger partial charge on any atom is 0.164 e. The lowest BCUT2D eigenvalue weighted by Gasteiger charge is -2.21. The minimum atomic E-state index is -0.134. The van der Waals surface area contributed by atoms with Crippen LogP contribution in [0.4, 0.5) is 0 Å². The Morgan fingerprint density at radius 1 is 0.407 bits per heavy atom. The Kier molecular flexibility index (Phi) is 6.56. The summed E-state index contributed by atoms with van der Waals surface area (Å²) >= 11 is 0. The standard InChI is InChI=1S/C50H33N3O/c1-50(2)41-18-8-7-15-38(41)45-39(17-9-19-42(45)50)49-52-47(51-48(53-49)36-26-21-30-11-3-4-12-33(30)27-36)32-24-22-31(23-25-32)37-16-10-20-43-46(37)40-28-34-13-5-6-14-35(34)29-44(40)54-43/h3-29H,1-2H3. The van der Waals surface area contributed by atoms with Crippen molar-refractivity contribution in [3.05, 3.63) is 175 Å². The van der Waals surface area contributed by atoms with Crippen LogP contribution in [0.5, 0.6) is 0 Å². The van der Waals surface area contributed by atoms with Gasteiger partial charge >= 0.3 is 0 Å². The Morgan fingerprint density at radius 3 is 1.80 bits per heavy atom. The summed E-state index contributed by atoms with van der Waals surface area (Å²) < 4.78 is 6.39. The summed E-state index contributed by atoms with van der Waals surface area (Å²) in [5.74, 6) is 1.95. The smallest absolute Gasteiger partial charge is 0.164 e. The van der Waals surface area contributed by atoms with Gasteiger partial charge in [0.15, 0.2) is 17.5 Å². The van der Waals surface area contributed by atoms with E-state index in [1.54, 1.807) is 0 Å². The van der Waals surface area contributed by atoms with E-state index in [1.165, 1.54) is 38.4 Å². The molecule has 0 saturated carbocycles. The van der Waals surface area contributed by atoms with E-state index in [0.29, 0.717) is 17.5 Å². The molecule has 4 heteroatoms. The quantitative estimate of drug-likeness (QED) is 0.184. The molecule has 2 aromatic heterocycles. The van der Waals surface area contributed by atoms with Gasteiger partial charge in [0.1, 0.15) is 11.2 Å². The molecule has 10 aromatic rings. The first-order valence-corrected chi connectivity index (χ1v) is 18.4. The van der Waals surface area contributed by atoms with E-state index in [-0.39, 0.29) is 5.41 Å². The lowest BCUT2D eigenvalue weighted by molar-refractivity contribution is 0.660. The van der Waals surface area contributed by atoms with Crippen LogP contribution in [0.1, 0.15) is 25.0 Å². The Hall–Kier alpha value is -6.91. The highest BCUT2D eigenvalue weighted by molar-refractivity contribution is 6.15. The summed E-state index contributed by atoms with van der Waals surface area (Å²) in [7, 11) is 0. The van der Waals surface area contributed by atoms with Crippen LogP contribution in [-0.2, 0) is 5.41 Å². The Bertz CT molecular complexity index is 3140. The van der Waals surface area contributed by atoms with Gasteiger partial charge in [-0.2, -0.15) is 0 Å². The number of rotatable bonds is 4. The molecule has 0 spiro atoms. The fourth-order valence-corrected chi connectivity index (χ4v) is 8.57. The van der Waals surface area contributed by atoms with Crippen LogP contribution in [-0.4, -0.2) is 15.0 Å². The number of furan rings is 1. The summed E-state index contributed by atoms with van der Waals surface area (Å²) in [6.45, 7) is 4.61. The molecule has 0 N–H and O–H groups in total. The molecule has 1 aliphatic carbocycles. The van der Waals surface area contributed by atoms with Crippen molar-refractivity contribution in [1.29, 1.82) is 0 Å². The minimum absolute atomic E-state index is 0.134. The Labute approximate surface area is 312 Å². The van der Waals surface area contributed by atoms with Gasteiger partial charge in [-0.1, -0.05) is 153 Å². The largest absolute Gasteiger partial charge is 0.456 e. The highest BCUT2D eigenvalue weighted by atomic mass is 16.3. The second kappa shape index (κ2) is 11.5. The first kappa shape index (κ1) is 30.7. The van der Waals surface area contributed by atoms with Gasteiger partial charge in [-0.15, -0.1) is 0 Å². The Morgan fingerprint density at radius 2 is 0.981 bits per heavy atom. The maximum atomic E-state index is 6.39. The van der Waals surface area contributed by atoms with Gasteiger partial charge in [0.05, 0.1) is 0 Å². The van der Waals surface area contributed by atoms with E-state index in [2.05, 4.69) is 178 Å². The van der Waals surface area contributed by atoms with E-state index in [9.17, 15) is 0 Å². The zero-order valence-corrected chi connectivity index (χ0v) is 29.8. The van der Waals surface area contributed by atoms with Gasteiger partial charge in [-0.25, -0.2) is 15.0 Å². The minimum Gasteiger partial charge on any atom is -0.456 e. The highest BCUT2D eigenvalue weighted by Gasteiger charge is 2.37. The van der Waals surface area contributed by atoms with Crippen LogP contribution < -0.4 is 0 Å². The van der Waals surface area contributed by atoms with Crippen LogP contribution in [0.3, 0.4) is 0 Å².